The zero-order valence-electron chi connectivity index (χ0n) is 9.47. The number of nitrogens with one attached hydrogen (secondary N) is 1. The van der Waals surface area contributed by atoms with Crippen molar-refractivity contribution < 1.29 is 4.79 Å². The van der Waals surface area contributed by atoms with Gasteiger partial charge in [0.1, 0.15) is 0 Å². The first-order valence-electron chi connectivity index (χ1n) is 5.36. The average molecular weight is 339 g/mol. The number of carbonyl (C=O) groups is 1. The molecular formula is C12H14BrCl2NO. The minimum Gasteiger partial charge on any atom is -0.350 e. The first-order valence-corrected chi connectivity index (χ1v) is 7.07. The topological polar surface area (TPSA) is 29.1 Å². The van der Waals surface area contributed by atoms with Crippen LogP contribution in [0.1, 0.15) is 30.1 Å². The summed E-state index contributed by atoms with van der Waals surface area (Å²) in [4.78, 5) is 11.9. The molecule has 0 bridgehead atoms. The number of amides is 1. The summed E-state index contributed by atoms with van der Waals surface area (Å²) in [7, 11) is 0. The van der Waals surface area contributed by atoms with Crippen molar-refractivity contribution in [1.82, 2.24) is 5.32 Å². The van der Waals surface area contributed by atoms with Gasteiger partial charge in [0.15, 0.2) is 0 Å². The Hall–Kier alpha value is -0.250. The molecule has 1 N–H and O–H groups in total. The number of alkyl halides is 1. The third-order valence-electron chi connectivity index (χ3n) is 2.33. The van der Waals surface area contributed by atoms with Gasteiger partial charge in [-0.05, 0) is 53.9 Å². The molecule has 17 heavy (non-hydrogen) atoms. The Kier molecular flexibility index (Phi) is 6.31. The maximum absolute atomic E-state index is 11.9. The summed E-state index contributed by atoms with van der Waals surface area (Å²) in [6, 6.07) is 5.24. The second-order valence-corrected chi connectivity index (χ2v) is 5.47. The van der Waals surface area contributed by atoms with Crippen LogP contribution in [0.2, 0.25) is 5.02 Å². The number of carbonyl (C=O) groups excluding carboxylic acids is 1. The van der Waals surface area contributed by atoms with Gasteiger partial charge in [-0.25, -0.2) is 0 Å². The van der Waals surface area contributed by atoms with Crippen LogP contribution >= 0.6 is 39.1 Å². The maximum atomic E-state index is 11.9. The second kappa shape index (κ2) is 7.24. The van der Waals surface area contributed by atoms with Gasteiger partial charge in [-0.2, -0.15) is 0 Å². The molecule has 2 nitrogen and oxygen atoms in total. The van der Waals surface area contributed by atoms with Gasteiger partial charge in [0, 0.05) is 22.0 Å². The monoisotopic (exact) mass is 337 g/mol. The van der Waals surface area contributed by atoms with Crippen molar-refractivity contribution in [2.24, 2.45) is 0 Å². The summed E-state index contributed by atoms with van der Waals surface area (Å²) in [5.41, 5.74) is 0.596. The highest BCUT2D eigenvalue weighted by Crippen LogP contribution is 2.23. The Labute approximate surface area is 120 Å². The van der Waals surface area contributed by atoms with E-state index in [9.17, 15) is 4.79 Å². The summed E-state index contributed by atoms with van der Waals surface area (Å²) < 4.78 is 0.722. The maximum Gasteiger partial charge on any atom is 0.251 e. The minimum absolute atomic E-state index is 0.0931. The summed E-state index contributed by atoms with van der Waals surface area (Å²) in [6.45, 7) is 1.97. The van der Waals surface area contributed by atoms with E-state index in [0.29, 0.717) is 16.5 Å². The van der Waals surface area contributed by atoms with Crippen molar-refractivity contribution in [1.29, 1.82) is 0 Å². The van der Waals surface area contributed by atoms with Crippen LogP contribution in [0.15, 0.2) is 22.7 Å². The Morgan fingerprint density at radius 3 is 2.82 bits per heavy atom. The zero-order valence-corrected chi connectivity index (χ0v) is 12.6. The molecule has 0 fully saturated rings. The fourth-order valence-electron chi connectivity index (χ4n) is 1.40. The van der Waals surface area contributed by atoms with Crippen molar-refractivity contribution >= 4 is 45.0 Å². The number of rotatable bonds is 5. The molecule has 1 amide bonds. The van der Waals surface area contributed by atoms with Crippen LogP contribution in [0.5, 0.6) is 0 Å². The van der Waals surface area contributed by atoms with Crippen molar-refractivity contribution in [3.63, 3.8) is 0 Å². The third kappa shape index (κ3) is 4.86. The van der Waals surface area contributed by atoms with Crippen LogP contribution in [0.4, 0.5) is 0 Å². The van der Waals surface area contributed by atoms with E-state index in [4.69, 9.17) is 23.2 Å². The Balaban J connectivity index is 2.60. The molecule has 1 aromatic carbocycles. The van der Waals surface area contributed by atoms with E-state index in [-0.39, 0.29) is 11.9 Å². The van der Waals surface area contributed by atoms with Gasteiger partial charge < -0.3 is 5.32 Å². The average Bonchev–Trinajstić information content (AvgIpc) is 2.30. The van der Waals surface area contributed by atoms with Crippen LogP contribution in [-0.2, 0) is 0 Å². The molecule has 1 atom stereocenters. The Morgan fingerprint density at radius 2 is 2.24 bits per heavy atom. The Morgan fingerprint density at radius 1 is 1.53 bits per heavy atom. The number of hydrogen-bond donors (Lipinski definition) is 1. The summed E-state index contributed by atoms with van der Waals surface area (Å²) >= 11 is 14.8. The van der Waals surface area contributed by atoms with Gasteiger partial charge in [0.2, 0.25) is 0 Å². The zero-order chi connectivity index (χ0) is 12.8. The molecule has 0 aliphatic carbocycles. The highest BCUT2D eigenvalue weighted by Gasteiger charge is 2.10. The SMILES string of the molecule is CC(CCCCl)NC(=O)c1ccc(Cl)c(Br)c1. The van der Waals surface area contributed by atoms with E-state index < -0.39 is 0 Å². The van der Waals surface area contributed by atoms with Gasteiger partial charge >= 0.3 is 0 Å². The molecule has 0 saturated carbocycles. The van der Waals surface area contributed by atoms with E-state index >= 15 is 0 Å². The molecule has 5 heteroatoms. The standard InChI is InChI=1S/C12H14BrCl2NO/c1-8(3-2-6-14)16-12(17)9-4-5-11(15)10(13)7-9/h4-5,7-8H,2-3,6H2,1H3,(H,16,17). The number of halogens is 3. The lowest BCUT2D eigenvalue weighted by Crippen LogP contribution is -2.32. The molecular weight excluding hydrogens is 325 g/mol. The summed E-state index contributed by atoms with van der Waals surface area (Å²) in [6.07, 6.45) is 1.78. The molecule has 1 rings (SSSR count). The molecule has 0 heterocycles. The first kappa shape index (κ1) is 14.8. The molecule has 1 aromatic rings. The molecule has 94 valence electrons. The van der Waals surface area contributed by atoms with Crippen molar-refractivity contribution in [3.05, 3.63) is 33.3 Å². The van der Waals surface area contributed by atoms with E-state index in [2.05, 4.69) is 21.2 Å². The molecule has 0 aliphatic rings. The van der Waals surface area contributed by atoms with E-state index in [0.717, 1.165) is 17.3 Å². The van der Waals surface area contributed by atoms with Crippen molar-refractivity contribution in [2.45, 2.75) is 25.8 Å². The largest absolute Gasteiger partial charge is 0.350 e. The smallest absolute Gasteiger partial charge is 0.251 e. The lowest BCUT2D eigenvalue weighted by Gasteiger charge is -2.13. The predicted octanol–water partition coefficient (Wildman–Crippen LogP) is 4.24. The predicted molar refractivity (Wildman–Crippen MR) is 76.0 cm³/mol. The number of hydrogen-bond acceptors (Lipinski definition) is 1. The van der Waals surface area contributed by atoms with Gasteiger partial charge in [0.05, 0.1) is 5.02 Å². The van der Waals surface area contributed by atoms with Crippen LogP contribution in [-0.4, -0.2) is 17.8 Å². The highest BCUT2D eigenvalue weighted by atomic mass is 79.9. The van der Waals surface area contributed by atoms with Crippen molar-refractivity contribution in [3.8, 4) is 0 Å². The van der Waals surface area contributed by atoms with E-state index in [1.807, 2.05) is 6.92 Å². The third-order valence-corrected chi connectivity index (χ3v) is 3.81. The first-order chi connectivity index (χ1) is 8.04. The van der Waals surface area contributed by atoms with Gasteiger partial charge in [0.25, 0.3) is 5.91 Å². The number of benzene rings is 1. The van der Waals surface area contributed by atoms with Crippen LogP contribution in [0, 0.1) is 0 Å². The molecule has 0 radical (unpaired) electrons. The van der Waals surface area contributed by atoms with Gasteiger partial charge in [-0.15, -0.1) is 11.6 Å². The fourth-order valence-corrected chi connectivity index (χ4v) is 2.05. The second-order valence-electron chi connectivity index (χ2n) is 3.83. The van der Waals surface area contributed by atoms with Crippen LogP contribution < -0.4 is 5.32 Å². The van der Waals surface area contributed by atoms with E-state index in [1.165, 1.54) is 0 Å². The fraction of sp³-hybridized carbons (Fsp3) is 0.417. The molecule has 0 aromatic heterocycles. The Bertz CT molecular complexity index is 398. The summed E-state index contributed by atoms with van der Waals surface area (Å²) in [5, 5.41) is 3.51. The molecule has 0 spiro atoms. The molecule has 0 saturated heterocycles. The molecule has 1 unspecified atom stereocenters. The van der Waals surface area contributed by atoms with E-state index in [1.54, 1.807) is 18.2 Å². The highest BCUT2D eigenvalue weighted by molar-refractivity contribution is 9.10. The van der Waals surface area contributed by atoms with Gasteiger partial charge in [-0.1, -0.05) is 11.6 Å². The minimum atomic E-state index is -0.0931. The van der Waals surface area contributed by atoms with Crippen LogP contribution in [0.3, 0.4) is 0 Å². The summed E-state index contributed by atoms with van der Waals surface area (Å²) in [5.74, 6) is 0.525. The lowest BCUT2D eigenvalue weighted by molar-refractivity contribution is 0.0938. The lowest BCUT2D eigenvalue weighted by atomic mass is 10.1. The molecule has 0 aliphatic heterocycles. The van der Waals surface area contributed by atoms with Crippen LogP contribution in [0.25, 0.3) is 0 Å². The quantitative estimate of drug-likeness (QED) is 0.799. The van der Waals surface area contributed by atoms with Gasteiger partial charge in [-0.3, -0.25) is 4.79 Å². The normalized spacial score (nSPS) is 12.2. The van der Waals surface area contributed by atoms with Crippen molar-refractivity contribution in [2.75, 3.05) is 5.88 Å².